The van der Waals surface area contributed by atoms with Crippen molar-refractivity contribution in [2.75, 3.05) is 11.9 Å². The van der Waals surface area contributed by atoms with E-state index in [0.29, 0.717) is 23.6 Å². The summed E-state index contributed by atoms with van der Waals surface area (Å²) in [5, 5.41) is 2.86. The first-order valence-electron chi connectivity index (χ1n) is 11.9. The number of H-pyrrole nitrogens is 1. The van der Waals surface area contributed by atoms with Gasteiger partial charge in [-0.25, -0.2) is 0 Å². The normalized spacial score (nSPS) is 10.7. The molecule has 0 aliphatic heterocycles. The summed E-state index contributed by atoms with van der Waals surface area (Å²) >= 11 is 0. The molecule has 5 nitrogen and oxygen atoms in total. The average molecular weight is 467 g/mol. The Balaban J connectivity index is 1.73. The molecule has 2 N–H and O–H groups in total. The van der Waals surface area contributed by atoms with Crippen LogP contribution in [0.4, 0.5) is 5.69 Å². The minimum absolute atomic E-state index is 0.0812. The number of benzene rings is 3. The van der Waals surface area contributed by atoms with Crippen molar-refractivity contribution >= 4 is 11.6 Å². The quantitative estimate of drug-likeness (QED) is 0.282. The van der Waals surface area contributed by atoms with Gasteiger partial charge < -0.3 is 15.0 Å². The van der Waals surface area contributed by atoms with E-state index in [1.807, 2.05) is 92.7 Å². The number of carbonyl (C=O) groups excluding carboxylic acids is 1. The Bertz CT molecular complexity index is 1350. The number of anilines is 1. The van der Waals surface area contributed by atoms with E-state index in [1.165, 1.54) is 0 Å². The molecule has 1 heterocycles. The van der Waals surface area contributed by atoms with E-state index in [0.717, 1.165) is 40.8 Å². The fourth-order valence-corrected chi connectivity index (χ4v) is 3.80. The van der Waals surface area contributed by atoms with Crippen molar-refractivity contribution in [3.05, 3.63) is 106 Å². The van der Waals surface area contributed by atoms with Crippen LogP contribution in [0.1, 0.15) is 41.3 Å². The van der Waals surface area contributed by atoms with Crippen LogP contribution in [0.15, 0.2) is 83.7 Å². The molecule has 0 radical (unpaired) electrons. The van der Waals surface area contributed by atoms with Gasteiger partial charge in [0.15, 0.2) is 0 Å². The smallest absolute Gasteiger partial charge is 0.261 e. The van der Waals surface area contributed by atoms with Gasteiger partial charge in [-0.05, 0) is 73.9 Å². The van der Waals surface area contributed by atoms with Crippen molar-refractivity contribution in [2.24, 2.45) is 0 Å². The van der Waals surface area contributed by atoms with Gasteiger partial charge in [0.2, 0.25) is 0 Å². The predicted molar refractivity (Wildman–Crippen MR) is 142 cm³/mol. The molecular formula is C30H30N2O3. The molecule has 35 heavy (non-hydrogen) atoms. The third kappa shape index (κ3) is 5.87. The first-order chi connectivity index (χ1) is 16.9. The summed E-state index contributed by atoms with van der Waals surface area (Å²) in [5.74, 6) is 0.342. The molecule has 0 saturated heterocycles. The zero-order chi connectivity index (χ0) is 24.8. The number of pyridine rings is 1. The van der Waals surface area contributed by atoms with Crippen molar-refractivity contribution < 1.29 is 9.53 Å². The van der Waals surface area contributed by atoms with Crippen molar-refractivity contribution in [1.82, 2.24) is 4.98 Å². The summed E-state index contributed by atoms with van der Waals surface area (Å²) < 4.78 is 5.75. The summed E-state index contributed by atoms with van der Waals surface area (Å²) in [6.07, 6.45) is 2.08. The molecule has 0 fully saturated rings. The summed E-state index contributed by atoms with van der Waals surface area (Å²) in [6.45, 7) is 6.78. The largest absolute Gasteiger partial charge is 0.494 e. The molecule has 4 rings (SSSR count). The van der Waals surface area contributed by atoms with Crippen molar-refractivity contribution in [3.8, 4) is 28.1 Å². The monoisotopic (exact) mass is 466 g/mol. The van der Waals surface area contributed by atoms with E-state index in [9.17, 15) is 9.59 Å². The topological polar surface area (TPSA) is 71.2 Å². The lowest BCUT2D eigenvalue weighted by atomic mass is 9.97. The molecular weight excluding hydrogens is 436 g/mol. The first kappa shape index (κ1) is 24.0. The third-order valence-corrected chi connectivity index (χ3v) is 5.86. The summed E-state index contributed by atoms with van der Waals surface area (Å²) in [4.78, 5) is 29.4. The van der Waals surface area contributed by atoms with E-state index >= 15 is 0 Å². The fourth-order valence-electron chi connectivity index (χ4n) is 3.80. The Hall–Kier alpha value is -4.12. The average Bonchev–Trinajstić information content (AvgIpc) is 2.86. The van der Waals surface area contributed by atoms with E-state index in [2.05, 4.69) is 17.2 Å². The van der Waals surface area contributed by atoms with Crippen LogP contribution in [-0.2, 0) is 0 Å². The Labute approximate surface area is 205 Å². The maximum absolute atomic E-state index is 13.3. The van der Waals surface area contributed by atoms with Gasteiger partial charge in [-0.15, -0.1) is 0 Å². The van der Waals surface area contributed by atoms with E-state index < -0.39 is 11.5 Å². The standard InChI is InChI=1S/C30H30N2O3/c1-4-5-18-35-25-16-12-23(13-17-25)27-19-26(22-10-6-20(2)7-11-22)28(30(34)32-27)29(33)31-24-14-8-21(3)9-15-24/h6-17,19H,4-5,18H2,1-3H3,(H,31,33)(H,32,34). The summed E-state index contributed by atoms with van der Waals surface area (Å²) in [5.41, 5.74) is 5.33. The van der Waals surface area contributed by atoms with Crippen LogP contribution in [-0.4, -0.2) is 17.5 Å². The number of unbranched alkanes of at least 4 members (excludes halogenated alkanes) is 1. The number of ether oxygens (including phenoxy) is 1. The van der Waals surface area contributed by atoms with Crippen LogP contribution in [0.2, 0.25) is 0 Å². The fraction of sp³-hybridized carbons (Fsp3) is 0.200. The van der Waals surface area contributed by atoms with Crippen molar-refractivity contribution in [3.63, 3.8) is 0 Å². The molecule has 0 unspecified atom stereocenters. The molecule has 0 aliphatic carbocycles. The number of hydrogen-bond donors (Lipinski definition) is 2. The lowest BCUT2D eigenvalue weighted by molar-refractivity contribution is 0.102. The molecule has 0 atom stereocenters. The molecule has 0 spiro atoms. The highest BCUT2D eigenvalue weighted by atomic mass is 16.5. The lowest BCUT2D eigenvalue weighted by Gasteiger charge is -2.13. The second-order valence-corrected chi connectivity index (χ2v) is 8.71. The minimum Gasteiger partial charge on any atom is -0.494 e. The zero-order valence-electron chi connectivity index (χ0n) is 20.4. The molecule has 0 saturated carbocycles. The maximum atomic E-state index is 13.3. The molecule has 0 aliphatic rings. The van der Waals surface area contributed by atoms with E-state index in [-0.39, 0.29) is 5.56 Å². The van der Waals surface area contributed by atoms with Gasteiger partial charge in [0.05, 0.1) is 6.61 Å². The molecule has 1 aromatic heterocycles. The highest BCUT2D eigenvalue weighted by Gasteiger charge is 2.19. The van der Waals surface area contributed by atoms with Crippen LogP contribution in [0.3, 0.4) is 0 Å². The number of carbonyl (C=O) groups is 1. The van der Waals surface area contributed by atoms with Gasteiger partial charge in [0, 0.05) is 16.9 Å². The number of aromatic amines is 1. The number of aryl methyl sites for hydroxylation is 2. The maximum Gasteiger partial charge on any atom is 0.261 e. The van der Waals surface area contributed by atoms with Crippen LogP contribution >= 0.6 is 0 Å². The Morgan fingerprint density at radius 1 is 0.857 bits per heavy atom. The lowest BCUT2D eigenvalue weighted by Crippen LogP contribution is -2.25. The molecule has 0 bridgehead atoms. The highest BCUT2D eigenvalue weighted by Crippen LogP contribution is 2.28. The number of aromatic nitrogens is 1. The van der Waals surface area contributed by atoms with Crippen LogP contribution in [0, 0.1) is 13.8 Å². The van der Waals surface area contributed by atoms with E-state index in [1.54, 1.807) is 0 Å². The minimum atomic E-state index is -0.447. The van der Waals surface area contributed by atoms with Crippen LogP contribution in [0.5, 0.6) is 5.75 Å². The second-order valence-electron chi connectivity index (χ2n) is 8.71. The molecule has 5 heteroatoms. The number of rotatable bonds is 8. The van der Waals surface area contributed by atoms with Gasteiger partial charge in [-0.1, -0.05) is 60.9 Å². The van der Waals surface area contributed by atoms with Gasteiger partial charge in [-0.2, -0.15) is 0 Å². The zero-order valence-corrected chi connectivity index (χ0v) is 20.4. The van der Waals surface area contributed by atoms with Gasteiger partial charge in [-0.3, -0.25) is 9.59 Å². The number of amides is 1. The molecule has 1 amide bonds. The van der Waals surface area contributed by atoms with Crippen LogP contribution in [0.25, 0.3) is 22.4 Å². The van der Waals surface area contributed by atoms with Crippen molar-refractivity contribution in [2.45, 2.75) is 33.6 Å². The number of hydrogen-bond acceptors (Lipinski definition) is 3. The molecule has 3 aromatic carbocycles. The second kappa shape index (κ2) is 10.9. The van der Waals surface area contributed by atoms with E-state index in [4.69, 9.17) is 4.74 Å². The first-order valence-corrected chi connectivity index (χ1v) is 11.9. The Morgan fingerprint density at radius 3 is 2.09 bits per heavy atom. The molecule has 178 valence electrons. The molecule has 4 aromatic rings. The summed E-state index contributed by atoms with van der Waals surface area (Å²) in [6, 6.07) is 24.8. The Morgan fingerprint density at radius 2 is 1.46 bits per heavy atom. The van der Waals surface area contributed by atoms with Crippen LogP contribution < -0.4 is 15.6 Å². The summed E-state index contributed by atoms with van der Waals surface area (Å²) in [7, 11) is 0. The van der Waals surface area contributed by atoms with Gasteiger partial charge in [0.1, 0.15) is 11.3 Å². The van der Waals surface area contributed by atoms with Crippen molar-refractivity contribution in [1.29, 1.82) is 0 Å². The number of nitrogens with one attached hydrogen (secondary N) is 2. The van der Waals surface area contributed by atoms with Gasteiger partial charge >= 0.3 is 0 Å². The van der Waals surface area contributed by atoms with Gasteiger partial charge in [0.25, 0.3) is 11.5 Å². The Kier molecular flexibility index (Phi) is 7.46. The SMILES string of the molecule is CCCCOc1ccc(-c2cc(-c3ccc(C)cc3)c(C(=O)Nc3ccc(C)cc3)c(=O)[nH]2)cc1. The third-order valence-electron chi connectivity index (χ3n) is 5.86. The predicted octanol–water partition coefficient (Wildman–Crippen LogP) is 6.76. The highest BCUT2D eigenvalue weighted by molar-refractivity contribution is 6.08.